The van der Waals surface area contributed by atoms with Gasteiger partial charge in [0.2, 0.25) is 6.29 Å². The van der Waals surface area contributed by atoms with Gasteiger partial charge in [-0.15, -0.1) is 0 Å². The number of ether oxygens (including phenoxy) is 2. The Bertz CT molecular complexity index is 715. The molecule has 2 heterocycles. The monoisotopic (exact) mass is 323 g/mol. The van der Waals surface area contributed by atoms with Crippen molar-refractivity contribution in [3.05, 3.63) is 53.3 Å². The second-order valence-corrected chi connectivity index (χ2v) is 7.55. The van der Waals surface area contributed by atoms with Crippen molar-refractivity contribution in [3.8, 4) is 11.5 Å². The lowest BCUT2D eigenvalue weighted by molar-refractivity contribution is 0.0216. The van der Waals surface area contributed by atoms with Crippen LogP contribution in [0.2, 0.25) is 0 Å². The van der Waals surface area contributed by atoms with Crippen molar-refractivity contribution in [3.63, 3.8) is 0 Å². The number of fused-ring (bicyclic) bond motifs is 2. The van der Waals surface area contributed by atoms with E-state index in [4.69, 9.17) is 9.47 Å². The molecule has 0 saturated carbocycles. The molecular weight excluding hydrogens is 298 g/mol. The molecule has 0 N–H and O–H groups in total. The Morgan fingerprint density at radius 3 is 2.62 bits per heavy atom. The van der Waals surface area contributed by atoms with E-state index in [0.29, 0.717) is 17.8 Å². The minimum absolute atomic E-state index is 0.153. The summed E-state index contributed by atoms with van der Waals surface area (Å²) in [6, 6.07) is 8.47. The van der Waals surface area contributed by atoms with E-state index in [2.05, 4.69) is 44.0 Å². The number of nitrogens with zero attached hydrogens (tertiary/aromatic N) is 1. The van der Waals surface area contributed by atoms with Crippen molar-refractivity contribution in [1.82, 2.24) is 4.98 Å². The molecule has 3 atom stereocenters. The molecule has 126 valence electrons. The minimum atomic E-state index is -0.153. The van der Waals surface area contributed by atoms with Gasteiger partial charge in [0.05, 0.1) is 0 Å². The second kappa shape index (κ2) is 6.12. The highest BCUT2D eigenvalue weighted by Gasteiger charge is 2.32. The van der Waals surface area contributed by atoms with E-state index in [1.807, 2.05) is 18.5 Å². The van der Waals surface area contributed by atoms with Crippen molar-refractivity contribution in [2.75, 3.05) is 0 Å². The molecule has 0 saturated heterocycles. The van der Waals surface area contributed by atoms with E-state index >= 15 is 0 Å². The summed E-state index contributed by atoms with van der Waals surface area (Å²) in [7, 11) is 0. The Morgan fingerprint density at radius 1 is 1.04 bits per heavy atom. The standard InChI is InChI=1S/C21H25NO2/c1-13(2)15-4-5-19-20(11-15)24-21(23-19)8-14(3)17-9-16-6-7-22-12-18(16)10-17/h4-7,11-14,17,21H,8-10H2,1-3H3. The minimum Gasteiger partial charge on any atom is -0.451 e. The van der Waals surface area contributed by atoms with Crippen LogP contribution < -0.4 is 9.47 Å². The van der Waals surface area contributed by atoms with Crippen LogP contribution in [0, 0.1) is 11.8 Å². The van der Waals surface area contributed by atoms with Gasteiger partial charge in [0.15, 0.2) is 11.5 Å². The Hall–Kier alpha value is -2.03. The molecule has 1 aliphatic heterocycles. The Labute approximate surface area is 144 Å². The van der Waals surface area contributed by atoms with Crippen molar-refractivity contribution in [2.45, 2.75) is 52.2 Å². The van der Waals surface area contributed by atoms with Crippen molar-refractivity contribution in [2.24, 2.45) is 11.8 Å². The lowest BCUT2D eigenvalue weighted by atomic mass is 9.88. The summed E-state index contributed by atoms with van der Waals surface area (Å²) in [5.74, 6) is 3.50. The largest absolute Gasteiger partial charge is 0.451 e. The Kier molecular flexibility index (Phi) is 3.95. The first-order valence-electron chi connectivity index (χ1n) is 8.99. The van der Waals surface area contributed by atoms with Gasteiger partial charge in [-0.1, -0.05) is 26.8 Å². The number of pyridine rings is 1. The topological polar surface area (TPSA) is 31.4 Å². The average Bonchev–Trinajstić information content (AvgIpc) is 3.17. The lowest BCUT2D eigenvalue weighted by Gasteiger charge is -2.21. The third-order valence-electron chi connectivity index (χ3n) is 5.49. The van der Waals surface area contributed by atoms with E-state index in [9.17, 15) is 0 Å². The maximum Gasteiger partial charge on any atom is 0.241 e. The summed E-state index contributed by atoms with van der Waals surface area (Å²) < 4.78 is 12.1. The fraction of sp³-hybridized carbons (Fsp3) is 0.476. The SMILES string of the molecule is CC(C)c1ccc2c(c1)OC(CC(C)C1Cc3ccncc3C1)O2. The predicted molar refractivity (Wildman–Crippen MR) is 94.5 cm³/mol. The summed E-state index contributed by atoms with van der Waals surface area (Å²) in [4.78, 5) is 4.25. The van der Waals surface area contributed by atoms with Gasteiger partial charge in [0, 0.05) is 18.8 Å². The second-order valence-electron chi connectivity index (χ2n) is 7.55. The molecule has 1 aliphatic carbocycles. The zero-order valence-electron chi connectivity index (χ0n) is 14.7. The van der Waals surface area contributed by atoms with Gasteiger partial charge < -0.3 is 9.47 Å². The highest BCUT2D eigenvalue weighted by Crippen LogP contribution is 2.40. The molecule has 4 rings (SSSR count). The zero-order chi connectivity index (χ0) is 16.7. The average molecular weight is 323 g/mol. The summed E-state index contributed by atoms with van der Waals surface area (Å²) in [6.07, 6.45) is 6.97. The van der Waals surface area contributed by atoms with Crippen LogP contribution in [0.3, 0.4) is 0 Å². The molecular formula is C21H25NO2. The third-order valence-corrected chi connectivity index (χ3v) is 5.49. The van der Waals surface area contributed by atoms with Crippen LogP contribution >= 0.6 is 0 Å². The van der Waals surface area contributed by atoms with Crippen molar-refractivity contribution >= 4 is 0 Å². The molecule has 0 bridgehead atoms. The summed E-state index contributed by atoms with van der Waals surface area (Å²) >= 11 is 0. The molecule has 0 fully saturated rings. The number of hydrogen-bond acceptors (Lipinski definition) is 3. The summed E-state index contributed by atoms with van der Waals surface area (Å²) in [5, 5.41) is 0. The molecule has 0 amide bonds. The van der Waals surface area contributed by atoms with Gasteiger partial charge in [-0.25, -0.2) is 0 Å². The molecule has 2 aliphatic rings. The van der Waals surface area contributed by atoms with Gasteiger partial charge in [-0.05, 0) is 65.5 Å². The van der Waals surface area contributed by atoms with Crippen molar-refractivity contribution < 1.29 is 9.47 Å². The zero-order valence-corrected chi connectivity index (χ0v) is 14.7. The van der Waals surface area contributed by atoms with Crippen LogP contribution in [0.5, 0.6) is 11.5 Å². The lowest BCUT2D eigenvalue weighted by Crippen LogP contribution is -2.25. The quantitative estimate of drug-likeness (QED) is 0.814. The van der Waals surface area contributed by atoms with Gasteiger partial charge in [-0.3, -0.25) is 4.98 Å². The van der Waals surface area contributed by atoms with E-state index in [1.165, 1.54) is 16.7 Å². The summed E-state index contributed by atoms with van der Waals surface area (Å²) in [6.45, 7) is 6.71. The van der Waals surface area contributed by atoms with Crippen LogP contribution in [-0.4, -0.2) is 11.3 Å². The molecule has 24 heavy (non-hydrogen) atoms. The maximum absolute atomic E-state index is 6.07. The first-order valence-corrected chi connectivity index (χ1v) is 8.99. The van der Waals surface area contributed by atoms with Crippen LogP contribution in [0.4, 0.5) is 0 Å². The maximum atomic E-state index is 6.07. The molecule has 3 heteroatoms. The molecule has 1 aromatic heterocycles. The highest BCUT2D eigenvalue weighted by molar-refractivity contribution is 5.45. The first kappa shape index (κ1) is 15.5. The molecule has 1 aromatic carbocycles. The fourth-order valence-corrected chi connectivity index (χ4v) is 3.85. The highest BCUT2D eigenvalue weighted by atomic mass is 16.7. The summed E-state index contributed by atoms with van der Waals surface area (Å²) in [5.41, 5.74) is 4.16. The molecule has 0 radical (unpaired) electrons. The third kappa shape index (κ3) is 2.88. The van der Waals surface area contributed by atoms with Crippen LogP contribution in [0.15, 0.2) is 36.7 Å². The number of benzene rings is 1. The smallest absolute Gasteiger partial charge is 0.241 e. The number of aromatic nitrogens is 1. The van der Waals surface area contributed by atoms with Crippen LogP contribution in [-0.2, 0) is 12.8 Å². The molecule has 2 aromatic rings. The molecule has 0 spiro atoms. The number of hydrogen-bond donors (Lipinski definition) is 0. The van der Waals surface area contributed by atoms with Gasteiger partial charge in [0.25, 0.3) is 0 Å². The van der Waals surface area contributed by atoms with Gasteiger partial charge >= 0.3 is 0 Å². The predicted octanol–water partition coefficient (Wildman–Crippen LogP) is 4.74. The fourth-order valence-electron chi connectivity index (χ4n) is 3.85. The molecule has 3 nitrogen and oxygen atoms in total. The van der Waals surface area contributed by atoms with E-state index in [-0.39, 0.29) is 6.29 Å². The van der Waals surface area contributed by atoms with E-state index in [0.717, 1.165) is 30.8 Å². The van der Waals surface area contributed by atoms with Gasteiger partial charge in [0.1, 0.15) is 0 Å². The van der Waals surface area contributed by atoms with Gasteiger partial charge in [-0.2, -0.15) is 0 Å². The molecule has 3 unspecified atom stereocenters. The van der Waals surface area contributed by atoms with Crippen LogP contribution in [0.25, 0.3) is 0 Å². The van der Waals surface area contributed by atoms with Crippen molar-refractivity contribution in [1.29, 1.82) is 0 Å². The normalized spacial score (nSPS) is 22.7. The van der Waals surface area contributed by atoms with Crippen LogP contribution in [0.1, 0.15) is 49.8 Å². The van der Waals surface area contributed by atoms with E-state index in [1.54, 1.807) is 0 Å². The Balaban J connectivity index is 1.39. The first-order chi connectivity index (χ1) is 11.6. The van der Waals surface area contributed by atoms with E-state index < -0.39 is 0 Å². The number of rotatable bonds is 4. The Morgan fingerprint density at radius 2 is 1.83 bits per heavy atom.